The van der Waals surface area contributed by atoms with Gasteiger partial charge in [-0.2, -0.15) is 0 Å². The van der Waals surface area contributed by atoms with Crippen LogP contribution in [-0.4, -0.2) is 58.7 Å². The van der Waals surface area contributed by atoms with Crippen molar-refractivity contribution in [1.29, 1.82) is 0 Å². The topological polar surface area (TPSA) is 43.9 Å². The van der Waals surface area contributed by atoms with Gasteiger partial charge in [-0.15, -0.1) is 0 Å². The molecule has 0 saturated carbocycles. The number of rotatable bonds is 4. The summed E-state index contributed by atoms with van der Waals surface area (Å²) in [4.78, 5) is 31.7. The Balaban J connectivity index is 1.50. The minimum absolute atomic E-state index is 0.0430. The molecule has 1 atom stereocenters. The zero-order valence-electron chi connectivity index (χ0n) is 15.8. The standard InChI is InChI=1S/C22H24ClN3O2/c23-19-9-4-8-18(12-19)13-24-10-5-11-26-20(15-24)22(28)25(16-21(26)27)14-17-6-2-1-3-7-17/h1-4,6-9,12,20H,5,10-11,13-16H2. The van der Waals surface area contributed by atoms with E-state index < -0.39 is 6.04 Å². The lowest BCUT2D eigenvalue weighted by atomic mass is 10.1. The monoisotopic (exact) mass is 397 g/mol. The summed E-state index contributed by atoms with van der Waals surface area (Å²) in [5.74, 6) is 0.0894. The molecule has 5 nitrogen and oxygen atoms in total. The van der Waals surface area contributed by atoms with E-state index in [1.54, 1.807) is 9.80 Å². The number of benzene rings is 2. The van der Waals surface area contributed by atoms with Crippen LogP contribution in [0.2, 0.25) is 5.02 Å². The highest BCUT2D eigenvalue weighted by Gasteiger charge is 2.41. The summed E-state index contributed by atoms with van der Waals surface area (Å²) in [6.07, 6.45) is 0.870. The Hall–Kier alpha value is -2.37. The third-order valence-electron chi connectivity index (χ3n) is 5.44. The van der Waals surface area contributed by atoms with E-state index >= 15 is 0 Å². The van der Waals surface area contributed by atoms with Crippen LogP contribution >= 0.6 is 11.6 Å². The lowest BCUT2D eigenvalue weighted by molar-refractivity contribution is -0.156. The number of carbonyl (C=O) groups excluding carboxylic acids is 2. The van der Waals surface area contributed by atoms with Crippen molar-refractivity contribution in [3.8, 4) is 0 Å². The lowest BCUT2D eigenvalue weighted by Crippen LogP contribution is -2.61. The third kappa shape index (κ3) is 4.21. The molecule has 2 aliphatic rings. The Bertz CT molecular complexity index is 858. The predicted molar refractivity (Wildman–Crippen MR) is 109 cm³/mol. The van der Waals surface area contributed by atoms with Gasteiger partial charge in [-0.25, -0.2) is 0 Å². The van der Waals surface area contributed by atoms with Crippen molar-refractivity contribution in [1.82, 2.24) is 14.7 Å². The molecule has 2 fully saturated rings. The zero-order valence-corrected chi connectivity index (χ0v) is 16.5. The van der Waals surface area contributed by atoms with Crippen LogP contribution < -0.4 is 0 Å². The Kier molecular flexibility index (Phi) is 5.64. The molecule has 146 valence electrons. The van der Waals surface area contributed by atoms with E-state index in [1.807, 2.05) is 54.6 Å². The van der Waals surface area contributed by atoms with Gasteiger partial charge in [0.05, 0.1) is 0 Å². The average molecular weight is 398 g/mol. The second-order valence-corrected chi connectivity index (χ2v) is 7.94. The second kappa shape index (κ2) is 8.33. The third-order valence-corrected chi connectivity index (χ3v) is 5.67. The van der Waals surface area contributed by atoms with Gasteiger partial charge >= 0.3 is 0 Å². The molecule has 2 aliphatic heterocycles. The van der Waals surface area contributed by atoms with E-state index in [4.69, 9.17) is 11.6 Å². The van der Waals surface area contributed by atoms with E-state index in [-0.39, 0.29) is 18.4 Å². The largest absolute Gasteiger partial charge is 0.328 e. The molecular weight excluding hydrogens is 374 g/mol. The van der Waals surface area contributed by atoms with Crippen molar-refractivity contribution >= 4 is 23.4 Å². The van der Waals surface area contributed by atoms with E-state index in [1.165, 1.54) is 0 Å². The van der Waals surface area contributed by atoms with E-state index in [2.05, 4.69) is 4.90 Å². The molecule has 2 saturated heterocycles. The van der Waals surface area contributed by atoms with Gasteiger partial charge in [0.1, 0.15) is 12.6 Å². The van der Waals surface area contributed by atoms with Crippen molar-refractivity contribution < 1.29 is 9.59 Å². The summed E-state index contributed by atoms with van der Waals surface area (Å²) >= 11 is 6.11. The predicted octanol–water partition coefficient (Wildman–Crippen LogP) is 2.79. The first-order chi connectivity index (χ1) is 13.6. The summed E-state index contributed by atoms with van der Waals surface area (Å²) in [6, 6.07) is 17.2. The quantitative estimate of drug-likeness (QED) is 0.796. The van der Waals surface area contributed by atoms with E-state index in [0.29, 0.717) is 24.7 Å². The van der Waals surface area contributed by atoms with Gasteiger partial charge in [0.15, 0.2) is 0 Å². The van der Waals surface area contributed by atoms with Crippen LogP contribution in [0, 0.1) is 0 Å². The Labute approximate surface area is 170 Å². The van der Waals surface area contributed by atoms with Gasteiger partial charge in [-0.05, 0) is 29.7 Å². The van der Waals surface area contributed by atoms with Crippen molar-refractivity contribution in [3.05, 3.63) is 70.7 Å². The molecule has 0 radical (unpaired) electrons. The second-order valence-electron chi connectivity index (χ2n) is 7.50. The summed E-state index contributed by atoms with van der Waals surface area (Å²) < 4.78 is 0. The summed E-state index contributed by atoms with van der Waals surface area (Å²) in [5.41, 5.74) is 2.16. The van der Waals surface area contributed by atoms with Crippen LogP contribution in [0.1, 0.15) is 17.5 Å². The maximum atomic E-state index is 13.2. The van der Waals surface area contributed by atoms with Gasteiger partial charge in [-0.1, -0.05) is 54.1 Å². The number of amides is 2. The molecule has 4 rings (SSSR count). The highest BCUT2D eigenvalue weighted by Crippen LogP contribution is 2.21. The molecule has 2 aromatic carbocycles. The van der Waals surface area contributed by atoms with Gasteiger partial charge in [0.2, 0.25) is 11.8 Å². The number of halogens is 1. The minimum atomic E-state index is -0.411. The van der Waals surface area contributed by atoms with Gasteiger partial charge in [-0.3, -0.25) is 14.5 Å². The molecular formula is C22H24ClN3O2. The average Bonchev–Trinajstić information content (AvgIpc) is 2.90. The van der Waals surface area contributed by atoms with Crippen molar-refractivity contribution in [3.63, 3.8) is 0 Å². The Morgan fingerprint density at radius 2 is 1.71 bits per heavy atom. The maximum absolute atomic E-state index is 13.2. The highest BCUT2D eigenvalue weighted by atomic mass is 35.5. The van der Waals surface area contributed by atoms with Crippen LogP contribution in [0.15, 0.2) is 54.6 Å². The number of hydrogen-bond donors (Lipinski definition) is 0. The first kappa shape index (κ1) is 19.0. The molecule has 1 unspecified atom stereocenters. The van der Waals surface area contributed by atoms with Gasteiger partial charge < -0.3 is 9.80 Å². The fraction of sp³-hybridized carbons (Fsp3) is 0.364. The molecule has 0 spiro atoms. The molecule has 0 bridgehead atoms. The number of carbonyl (C=O) groups is 2. The van der Waals surface area contributed by atoms with Crippen molar-refractivity contribution in [2.24, 2.45) is 0 Å². The zero-order chi connectivity index (χ0) is 19.5. The highest BCUT2D eigenvalue weighted by molar-refractivity contribution is 6.30. The summed E-state index contributed by atoms with van der Waals surface area (Å²) in [6.45, 7) is 3.43. The normalized spacial score (nSPS) is 20.8. The fourth-order valence-electron chi connectivity index (χ4n) is 4.08. The summed E-state index contributed by atoms with van der Waals surface area (Å²) in [5, 5.41) is 0.715. The van der Waals surface area contributed by atoms with Crippen LogP contribution in [-0.2, 0) is 22.7 Å². The van der Waals surface area contributed by atoms with E-state index in [0.717, 1.165) is 30.6 Å². The van der Waals surface area contributed by atoms with Gasteiger partial charge in [0.25, 0.3) is 0 Å². The molecule has 28 heavy (non-hydrogen) atoms. The lowest BCUT2D eigenvalue weighted by Gasteiger charge is -2.40. The molecule has 0 N–H and O–H groups in total. The van der Waals surface area contributed by atoms with Gasteiger partial charge in [0, 0.05) is 37.7 Å². The molecule has 0 aliphatic carbocycles. The smallest absolute Gasteiger partial charge is 0.247 e. The number of nitrogens with zero attached hydrogens (tertiary/aromatic N) is 3. The molecule has 2 aromatic rings. The Morgan fingerprint density at radius 1 is 0.929 bits per heavy atom. The van der Waals surface area contributed by atoms with Crippen molar-refractivity contribution in [2.45, 2.75) is 25.6 Å². The van der Waals surface area contributed by atoms with Crippen LogP contribution in [0.3, 0.4) is 0 Å². The van der Waals surface area contributed by atoms with Crippen molar-refractivity contribution in [2.75, 3.05) is 26.2 Å². The van der Waals surface area contributed by atoms with Crippen LogP contribution in [0.5, 0.6) is 0 Å². The first-order valence-electron chi connectivity index (χ1n) is 9.69. The number of hydrogen-bond acceptors (Lipinski definition) is 3. The molecule has 2 heterocycles. The number of fused-ring (bicyclic) bond motifs is 1. The first-order valence-corrected chi connectivity index (χ1v) is 10.1. The molecule has 2 amide bonds. The SMILES string of the molecule is O=C1C2CN(Cc3cccc(Cl)c3)CCCN2C(=O)CN1Cc1ccccc1. The Morgan fingerprint density at radius 3 is 2.50 bits per heavy atom. The minimum Gasteiger partial charge on any atom is -0.328 e. The fourth-order valence-corrected chi connectivity index (χ4v) is 4.30. The maximum Gasteiger partial charge on any atom is 0.247 e. The molecule has 6 heteroatoms. The van der Waals surface area contributed by atoms with Crippen LogP contribution in [0.4, 0.5) is 0 Å². The molecule has 0 aromatic heterocycles. The summed E-state index contributed by atoms with van der Waals surface area (Å²) in [7, 11) is 0. The number of piperazine rings is 1. The van der Waals surface area contributed by atoms with E-state index in [9.17, 15) is 9.59 Å². The van der Waals surface area contributed by atoms with Crippen LogP contribution in [0.25, 0.3) is 0 Å².